The number of halogens is 2. The van der Waals surface area contributed by atoms with Crippen LogP contribution in [0.15, 0.2) is 0 Å². The van der Waals surface area contributed by atoms with Crippen molar-refractivity contribution in [2.75, 3.05) is 5.34 Å². The van der Waals surface area contributed by atoms with Gasteiger partial charge in [0, 0.05) is 6.42 Å². The summed E-state index contributed by atoms with van der Waals surface area (Å²) < 4.78 is 0. The third-order valence-corrected chi connectivity index (χ3v) is 0.744. The fourth-order valence-electron chi connectivity index (χ4n) is 0.328. The zero-order valence-electron chi connectivity index (χ0n) is 5.94. The molecule has 0 rings (SSSR count). The fraction of sp³-hybridized carbons (Fsp3) is 0.833. The molecule has 2 nitrogen and oxygen atoms in total. The van der Waals surface area contributed by atoms with Crippen molar-refractivity contribution in [2.24, 2.45) is 0 Å². The van der Waals surface area contributed by atoms with Crippen molar-refractivity contribution >= 4 is 29.2 Å². The molecule has 0 amide bonds. The summed E-state index contributed by atoms with van der Waals surface area (Å²) >= 11 is 9.53. The molecule has 0 aromatic heterocycles. The third kappa shape index (κ3) is 24.4. The van der Waals surface area contributed by atoms with Crippen molar-refractivity contribution < 1.29 is 9.90 Å². The Balaban J connectivity index is 0. The Morgan fingerprint density at radius 1 is 1.50 bits per heavy atom. The molecule has 0 atom stereocenters. The summed E-state index contributed by atoms with van der Waals surface area (Å²) in [4.78, 5) is 9.76. The van der Waals surface area contributed by atoms with Crippen LogP contribution in [0.1, 0.15) is 26.2 Å². The van der Waals surface area contributed by atoms with E-state index in [2.05, 4.69) is 0 Å². The highest BCUT2D eigenvalue weighted by molar-refractivity contribution is 6.40. The summed E-state index contributed by atoms with van der Waals surface area (Å²) in [7, 11) is 0. The van der Waals surface area contributed by atoms with E-state index in [0.29, 0.717) is 6.42 Å². The molecular formula is C6H12Cl2O2. The lowest BCUT2D eigenvalue weighted by molar-refractivity contribution is -0.137. The highest BCUT2D eigenvalue weighted by Crippen LogP contribution is 1.91. The maximum absolute atomic E-state index is 9.76. The van der Waals surface area contributed by atoms with E-state index in [4.69, 9.17) is 28.3 Å². The van der Waals surface area contributed by atoms with Gasteiger partial charge >= 0.3 is 5.97 Å². The monoisotopic (exact) mass is 186 g/mol. The highest BCUT2D eigenvalue weighted by Gasteiger charge is 1.90. The average molecular weight is 187 g/mol. The third-order valence-electron chi connectivity index (χ3n) is 0.744. The number of unbranched alkanes of at least 4 members (excludes halogenated alkanes) is 1. The quantitative estimate of drug-likeness (QED) is 0.689. The number of hydrogen-bond acceptors (Lipinski definition) is 1. The molecule has 0 spiro atoms. The molecule has 0 radical (unpaired) electrons. The molecule has 62 valence electrons. The van der Waals surface area contributed by atoms with Crippen LogP contribution in [0.25, 0.3) is 0 Å². The van der Waals surface area contributed by atoms with Crippen LogP contribution in [0.2, 0.25) is 0 Å². The predicted octanol–water partition coefficient (Wildman–Crippen LogP) is 2.68. The van der Waals surface area contributed by atoms with Gasteiger partial charge < -0.3 is 5.11 Å². The second-order valence-corrected chi connectivity index (χ2v) is 2.41. The summed E-state index contributed by atoms with van der Waals surface area (Å²) in [5.41, 5.74) is 0. The molecule has 10 heavy (non-hydrogen) atoms. The fourth-order valence-corrected chi connectivity index (χ4v) is 0.328. The molecule has 0 aromatic carbocycles. The molecule has 4 heteroatoms. The van der Waals surface area contributed by atoms with E-state index in [1.54, 1.807) is 0 Å². The number of hydrogen-bond donors (Lipinski definition) is 1. The zero-order chi connectivity index (χ0) is 8.41. The van der Waals surface area contributed by atoms with Gasteiger partial charge in [-0.2, -0.15) is 0 Å². The van der Waals surface area contributed by atoms with E-state index in [-0.39, 0.29) is 5.34 Å². The molecule has 0 heterocycles. The van der Waals surface area contributed by atoms with Gasteiger partial charge in [-0.25, -0.2) is 0 Å². The Kier molecular flexibility index (Phi) is 15.0. The van der Waals surface area contributed by atoms with Gasteiger partial charge in [-0.15, -0.1) is 23.2 Å². The van der Waals surface area contributed by atoms with Gasteiger partial charge in [0.25, 0.3) is 0 Å². The summed E-state index contributed by atoms with van der Waals surface area (Å²) in [5.74, 6) is -0.693. The molecule has 0 aromatic rings. The summed E-state index contributed by atoms with van der Waals surface area (Å²) in [6.45, 7) is 1.98. The first-order chi connectivity index (χ1) is 4.68. The number of rotatable bonds is 3. The Hall–Kier alpha value is 0.0500. The van der Waals surface area contributed by atoms with Crippen LogP contribution in [0.3, 0.4) is 0 Å². The first-order valence-corrected chi connectivity index (χ1v) is 4.09. The Morgan fingerprint density at radius 2 is 1.90 bits per heavy atom. The zero-order valence-corrected chi connectivity index (χ0v) is 7.45. The van der Waals surface area contributed by atoms with Gasteiger partial charge in [0.1, 0.15) is 0 Å². The minimum absolute atomic E-state index is 0.194. The molecule has 0 unspecified atom stereocenters. The Morgan fingerprint density at radius 3 is 2.00 bits per heavy atom. The second kappa shape index (κ2) is 11.8. The van der Waals surface area contributed by atoms with E-state index in [1.807, 2.05) is 6.92 Å². The van der Waals surface area contributed by atoms with Gasteiger partial charge in [0.15, 0.2) is 0 Å². The molecule has 0 fully saturated rings. The van der Waals surface area contributed by atoms with Crippen LogP contribution < -0.4 is 0 Å². The van der Waals surface area contributed by atoms with Crippen LogP contribution >= 0.6 is 23.2 Å². The standard InChI is InChI=1S/C5H10O2.CH2Cl2/c1-2-3-4-5(6)7;2-1-3/h2-4H2,1H3,(H,6,7);1H2. The Labute approximate surface area is 71.1 Å². The van der Waals surface area contributed by atoms with Crippen molar-refractivity contribution in [3.8, 4) is 0 Å². The van der Waals surface area contributed by atoms with Gasteiger partial charge in [-0.3, -0.25) is 4.79 Å². The normalized spacial score (nSPS) is 7.90. The van der Waals surface area contributed by atoms with Gasteiger partial charge in [-0.1, -0.05) is 13.3 Å². The number of carbonyl (C=O) groups is 1. The minimum atomic E-state index is -0.693. The van der Waals surface area contributed by atoms with Gasteiger partial charge in [0.2, 0.25) is 0 Å². The second-order valence-electron chi connectivity index (χ2n) is 1.60. The highest BCUT2D eigenvalue weighted by atomic mass is 35.5. The van der Waals surface area contributed by atoms with Crippen LogP contribution in [0.4, 0.5) is 0 Å². The smallest absolute Gasteiger partial charge is 0.303 e. The summed E-state index contributed by atoms with van der Waals surface area (Å²) in [5, 5.41) is 8.24. The van der Waals surface area contributed by atoms with Crippen LogP contribution in [0.5, 0.6) is 0 Å². The summed E-state index contributed by atoms with van der Waals surface area (Å²) in [6, 6.07) is 0. The molecular weight excluding hydrogens is 175 g/mol. The van der Waals surface area contributed by atoms with Crippen molar-refractivity contribution in [2.45, 2.75) is 26.2 Å². The van der Waals surface area contributed by atoms with Crippen molar-refractivity contribution in [1.29, 1.82) is 0 Å². The average Bonchev–Trinajstić information content (AvgIpc) is 1.85. The molecule has 0 saturated carbocycles. The van der Waals surface area contributed by atoms with E-state index in [1.165, 1.54) is 0 Å². The van der Waals surface area contributed by atoms with Gasteiger partial charge in [-0.05, 0) is 6.42 Å². The maximum atomic E-state index is 9.76. The number of alkyl halides is 2. The molecule has 0 aliphatic carbocycles. The maximum Gasteiger partial charge on any atom is 0.303 e. The molecule has 0 saturated heterocycles. The van der Waals surface area contributed by atoms with Crippen LogP contribution in [-0.2, 0) is 4.79 Å². The first kappa shape index (κ1) is 12.7. The SMILES string of the molecule is CCCCC(=O)O.ClCCl. The Bertz CT molecular complexity index is 76.1. The van der Waals surface area contributed by atoms with E-state index >= 15 is 0 Å². The van der Waals surface area contributed by atoms with E-state index < -0.39 is 5.97 Å². The van der Waals surface area contributed by atoms with Crippen molar-refractivity contribution in [3.63, 3.8) is 0 Å². The van der Waals surface area contributed by atoms with Crippen molar-refractivity contribution in [1.82, 2.24) is 0 Å². The molecule has 1 N–H and O–H groups in total. The molecule has 0 bridgehead atoms. The summed E-state index contributed by atoms with van der Waals surface area (Å²) in [6.07, 6.45) is 2.08. The largest absolute Gasteiger partial charge is 0.481 e. The lowest BCUT2D eigenvalue weighted by Gasteiger charge is -1.85. The predicted molar refractivity (Wildman–Crippen MR) is 43.7 cm³/mol. The number of carboxylic acid groups (broad SMARTS) is 1. The molecule has 0 aliphatic heterocycles. The lowest BCUT2D eigenvalue weighted by atomic mass is 10.3. The van der Waals surface area contributed by atoms with E-state index in [0.717, 1.165) is 12.8 Å². The van der Waals surface area contributed by atoms with Crippen LogP contribution in [0, 0.1) is 0 Å². The lowest BCUT2D eigenvalue weighted by Crippen LogP contribution is -1.91. The van der Waals surface area contributed by atoms with E-state index in [9.17, 15) is 4.79 Å². The topological polar surface area (TPSA) is 37.3 Å². The number of carboxylic acids is 1. The van der Waals surface area contributed by atoms with Crippen molar-refractivity contribution in [3.05, 3.63) is 0 Å². The van der Waals surface area contributed by atoms with Gasteiger partial charge in [0.05, 0.1) is 5.34 Å². The number of aliphatic carboxylic acids is 1. The molecule has 0 aliphatic rings. The minimum Gasteiger partial charge on any atom is -0.481 e. The first-order valence-electron chi connectivity index (χ1n) is 3.02. The van der Waals surface area contributed by atoms with Crippen LogP contribution in [-0.4, -0.2) is 16.4 Å².